The molecule has 2 rings (SSSR count). The number of carbonyl (C=O) groups is 1. The molecule has 0 aliphatic carbocycles. The zero-order valence-electron chi connectivity index (χ0n) is 9.83. The summed E-state index contributed by atoms with van der Waals surface area (Å²) in [5.74, 6) is -0.787. The number of ether oxygens (including phenoxy) is 1. The van der Waals surface area contributed by atoms with Gasteiger partial charge in [0.2, 0.25) is 0 Å². The Labute approximate surface area is 100.0 Å². The number of rotatable bonds is 2. The highest BCUT2D eigenvalue weighted by molar-refractivity contribution is 5.89. The van der Waals surface area contributed by atoms with Gasteiger partial charge >= 0.3 is 5.97 Å². The van der Waals surface area contributed by atoms with Crippen LogP contribution in [0.2, 0.25) is 0 Å². The molecule has 1 atom stereocenters. The number of piperidine rings is 1. The van der Waals surface area contributed by atoms with Crippen molar-refractivity contribution in [2.45, 2.75) is 18.8 Å². The highest BCUT2D eigenvalue weighted by Gasteiger charge is 2.19. The van der Waals surface area contributed by atoms with E-state index < -0.39 is 11.8 Å². The normalized spacial score (nSPS) is 20.0. The number of esters is 1. The number of hydrogen-bond acceptors (Lipinski definition) is 3. The summed E-state index contributed by atoms with van der Waals surface area (Å²) in [5, 5.41) is 3.30. The largest absolute Gasteiger partial charge is 0.465 e. The van der Waals surface area contributed by atoms with Gasteiger partial charge in [0.25, 0.3) is 0 Å². The van der Waals surface area contributed by atoms with E-state index in [1.807, 2.05) is 0 Å². The fourth-order valence-corrected chi connectivity index (χ4v) is 2.20. The number of methoxy groups -OCH3 is 1. The third-order valence-corrected chi connectivity index (χ3v) is 3.16. The van der Waals surface area contributed by atoms with Crippen LogP contribution in [0.1, 0.15) is 34.7 Å². The predicted molar refractivity (Wildman–Crippen MR) is 62.6 cm³/mol. The van der Waals surface area contributed by atoms with Crippen molar-refractivity contribution in [1.82, 2.24) is 5.32 Å². The average Bonchev–Trinajstić information content (AvgIpc) is 2.39. The van der Waals surface area contributed by atoms with Crippen LogP contribution < -0.4 is 5.32 Å². The van der Waals surface area contributed by atoms with Gasteiger partial charge in [0.05, 0.1) is 12.7 Å². The summed E-state index contributed by atoms with van der Waals surface area (Å²) in [4.78, 5) is 11.4. The molecule has 1 aliphatic rings. The highest BCUT2D eigenvalue weighted by atomic mass is 19.1. The van der Waals surface area contributed by atoms with Gasteiger partial charge in [0, 0.05) is 6.54 Å². The van der Waals surface area contributed by atoms with Crippen molar-refractivity contribution < 1.29 is 13.9 Å². The highest BCUT2D eigenvalue weighted by Crippen LogP contribution is 2.25. The molecule has 1 fully saturated rings. The van der Waals surface area contributed by atoms with E-state index in [4.69, 9.17) is 0 Å². The lowest BCUT2D eigenvalue weighted by Gasteiger charge is -2.23. The monoisotopic (exact) mass is 237 g/mol. The van der Waals surface area contributed by atoms with E-state index in [-0.39, 0.29) is 5.56 Å². The summed E-state index contributed by atoms with van der Waals surface area (Å²) < 4.78 is 18.0. The molecular weight excluding hydrogens is 221 g/mol. The van der Waals surface area contributed by atoms with Crippen LogP contribution >= 0.6 is 0 Å². The first-order chi connectivity index (χ1) is 8.22. The lowest BCUT2D eigenvalue weighted by molar-refractivity contribution is 0.0595. The van der Waals surface area contributed by atoms with E-state index in [1.54, 1.807) is 12.1 Å². The molecule has 1 saturated heterocycles. The molecule has 0 bridgehead atoms. The molecule has 1 aliphatic heterocycles. The van der Waals surface area contributed by atoms with Crippen molar-refractivity contribution >= 4 is 5.97 Å². The van der Waals surface area contributed by atoms with Crippen molar-refractivity contribution in [2.75, 3.05) is 20.2 Å². The summed E-state index contributed by atoms with van der Waals surface area (Å²) in [6.07, 6.45) is 2.18. The lowest BCUT2D eigenvalue weighted by atomic mass is 9.90. The van der Waals surface area contributed by atoms with Crippen molar-refractivity contribution in [3.63, 3.8) is 0 Å². The van der Waals surface area contributed by atoms with Crippen LogP contribution in [0.5, 0.6) is 0 Å². The number of nitrogens with one attached hydrogen (secondary N) is 1. The molecule has 1 heterocycles. The zero-order chi connectivity index (χ0) is 12.3. The van der Waals surface area contributed by atoms with E-state index in [1.165, 1.54) is 13.2 Å². The maximum atomic E-state index is 13.5. The van der Waals surface area contributed by atoms with Crippen LogP contribution in [0.4, 0.5) is 4.39 Å². The van der Waals surface area contributed by atoms with E-state index >= 15 is 0 Å². The van der Waals surface area contributed by atoms with E-state index in [2.05, 4.69) is 10.1 Å². The molecule has 4 heteroatoms. The third kappa shape index (κ3) is 2.64. The molecule has 0 amide bonds. The van der Waals surface area contributed by atoms with Gasteiger partial charge in [-0.2, -0.15) is 0 Å². The Kier molecular flexibility index (Phi) is 3.74. The Morgan fingerprint density at radius 3 is 3.00 bits per heavy atom. The second-order valence-electron chi connectivity index (χ2n) is 4.27. The minimum atomic E-state index is -0.617. The van der Waals surface area contributed by atoms with Gasteiger partial charge in [-0.15, -0.1) is 0 Å². The Morgan fingerprint density at radius 2 is 2.35 bits per heavy atom. The third-order valence-electron chi connectivity index (χ3n) is 3.16. The van der Waals surface area contributed by atoms with Crippen LogP contribution in [0.25, 0.3) is 0 Å². The molecule has 1 aromatic carbocycles. The van der Waals surface area contributed by atoms with Crippen LogP contribution in [0.15, 0.2) is 18.2 Å². The molecule has 0 radical (unpaired) electrons. The first kappa shape index (κ1) is 12.0. The lowest BCUT2D eigenvalue weighted by Crippen LogP contribution is -2.28. The van der Waals surface area contributed by atoms with Gasteiger partial charge in [-0.3, -0.25) is 0 Å². The second-order valence-corrected chi connectivity index (χ2v) is 4.27. The van der Waals surface area contributed by atoms with Crippen LogP contribution in [0, 0.1) is 5.82 Å². The quantitative estimate of drug-likeness (QED) is 0.800. The fraction of sp³-hybridized carbons (Fsp3) is 0.462. The Balaban J connectivity index is 2.26. The van der Waals surface area contributed by atoms with Crippen molar-refractivity contribution in [3.05, 3.63) is 35.1 Å². The smallest absolute Gasteiger partial charge is 0.340 e. The molecule has 1 N–H and O–H groups in total. The molecule has 3 nitrogen and oxygen atoms in total. The molecule has 0 saturated carbocycles. The van der Waals surface area contributed by atoms with E-state index in [9.17, 15) is 9.18 Å². The molecule has 0 aromatic heterocycles. The Morgan fingerprint density at radius 1 is 1.53 bits per heavy atom. The van der Waals surface area contributed by atoms with Crippen molar-refractivity contribution in [3.8, 4) is 0 Å². The number of carbonyl (C=O) groups excluding carboxylic acids is 1. The Bertz CT molecular complexity index is 414. The number of halogens is 1. The molecule has 17 heavy (non-hydrogen) atoms. The summed E-state index contributed by atoms with van der Waals surface area (Å²) in [7, 11) is 1.26. The number of benzene rings is 1. The first-order valence-electron chi connectivity index (χ1n) is 5.81. The summed E-state index contributed by atoms with van der Waals surface area (Å²) in [5.41, 5.74) is 1.02. The summed E-state index contributed by atoms with van der Waals surface area (Å²) in [6, 6.07) is 4.70. The topological polar surface area (TPSA) is 38.3 Å². The molecule has 0 spiro atoms. The fourth-order valence-electron chi connectivity index (χ4n) is 2.20. The van der Waals surface area contributed by atoms with E-state index in [0.29, 0.717) is 5.92 Å². The second kappa shape index (κ2) is 5.27. The van der Waals surface area contributed by atoms with Gasteiger partial charge in [0.15, 0.2) is 0 Å². The van der Waals surface area contributed by atoms with Crippen LogP contribution in [0.3, 0.4) is 0 Å². The van der Waals surface area contributed by atoms with Gasteiger partial charge in [-0.1, -0.05) is 6.07 Å². The van der Waals surface area contributed by atoms with Crippen molar-refractivity contribution in [1.29, 1.82) is 0 Å². The van der Waals surface area contributed by atoms with Crippen molar-refractivity contribution in [2.24, 2.45) is 0 Å². The van der Waals surface area contributed by atoms with Gasteiger partial charge in [-0.25, -0.2) is 9.18 Å². The summed E-state index contributed by atoms with van der Waals surface area (Å²) in [6.45, 7) is 1.91. The maximum absolute atomic E-state index is 13.5. The minimum absolute atomic E-state index is 0.0237. The average molecular weight is 237 g/mol. The number of hydrogen-bond donors (Lipinski definition) is 1. The molecule has 0 unspecified atom stereocenters. The zero-order valence-corrected chi connectivity index (χ0v) is 9.83. The summed E-state index contributed by atoms with van der Waals surface area (Å²) >= 11 is 0. The minimum Gasteiger partial charge on any atom is -0.465 e. The van der Waals surface area contributed by atoms with E-state index in [0.717, 1.165) is 31.5 Å². The van der Waals surface area contributed by atoms with Gasteiger partial charge < -0.3 is 10.1 Å². The predicted octanol–water partition coefficient (Wildman–Crippen LogP) is 2.08. The molecular formula is C13H16FNO2. The standard InChI is InChI=1S/C13H16FNO2/c1-17-13(16)11-7-9(4-5-12(11)14)10-3-2-6-15-8-10/h4-5,7,10,15H,2-3,6,8H2,1H3/t10-/m0/s1. The first-order valence-corrected chi connectivity index (χ1v) is 5.81. The molecule has 92 valence electrons. The SMILES string of the molecule is COC(=O)c1cc([C@H]2CCCNC2)ccc1F. The van der Waals surface area contributed by atoms with Gasteiger partial charge in [-0.05, 0) is 43.0 Å². The van der Waals surface area contributed by atoms with Crippen LogP contribution in [-0.2, 0) is 4.74 Å². The maximum Gasteiger partial charge on any atom is 0.340 e. The molecule has 1 aromatic rings. The van der Waals surface area contributed by atoms with Gasteiger partial charge in [0.1, 0.15) is 5.82 Å². The Hall–Kier alpha value is -1.42. The van der Waals surface area contributed by atoms with Crippen LogP contribution in [-0.4, -0.2) is 26.2 Å².